The van der Waals surface area contributed by atoms with Gasteiger partial charge in [-0.3, -0.25) is 14.9 Å². The van der Waals surface area contributed by atoms with Gasteiger partial charge in [0.15, 0.2) is 4.80 Å². The summed E-state index contributed by atoms with van der Waals surface area (Å²) in [6.07, 6.45) is 0. The average Bonchev–Trinajstić information content (AvgIpc) is 2.98. The van der Waals surface area contributed by atoms with Gasteiger partial charge in [-0.1, -0.05) is 29.5 Å². The molecule has 0 unspecified atom stereocenters. The number of para-hydroxylation sites is 1. The number of fused-ring (bicyclic) bond motifs is 1. The molecule has 0 aliphatic carbocycles. The van der Waals surface area contributed by atoms with Gasteiger partial charge in [0.05, 0.1) is 21.7 Å². The Balaban J connectivity index is 2.10. The number of carbonyl (C=O) groups is 1. The number of nitrogens with zero attached hydrogens (tertiary/aromatic N) is 3. The Morgan fingerprint density at radius 3 is 2.81 bits per heavy atom. The minimum Gasteiger partial charge on any atom is -0.380 e. The SMILES string of the molecule is CCOCCn1c(=NC(=O)c2ccccc2[N+](=O)[O-])sc2cc(C)ccc21. The largest absolute Gasteiger partial charge is 0.380 e. The van der Waals surface area contributed by atoms with E-state index in [0.29, 0.717) is 24.6 Å². The van der Waals surface area contributed by atoms with Crippen LogP contribution in [-0.2, 0) is 11.3 Å². The third-order valence-electron chi connectivity index (χ3n) is 4.03. The predicted octanol–water partition coefficient (Wildman–Crippen LogP) is 3.70. The van der Waals surface area contributed by atoms with Crippen molar-refractivity contribution in [3.8, 4) is 0 Å². The zero-order chi connectivity index (χ0) is 19.4. The van der Waals surface area contributed by atoms with Gasteiger partial charge in [0.2, 0.25) is 0 Å². The zero-order valence-electron chi connectivity index (χ0n) is 15.0. The van der Waals surface area contributed by atoms with Crippen LogP contribution in [0.4, 0.5) is 5.69 Å². The van der Waals surface area contributed by atoms with Gasteiger partial charge < -0.3 is 9.30 Å². The van der Waals surface area contributed by atoms with Crippen molar-refractivity contribution in [3.63, 3.8) is 0 Å². The molecule has 0 spiro atoms. The molecule has 0 bridgehead atoms. The molecule has 1 heterocycles. The molecule has 3 aromatic rings. The molecule has 140 valence electrons. The first-order valence-electron chi connectivity index (χ1n) is 8.51. The highest BCUT2D eigenvalue weighted by molar-refractivity contribution is 7.16. The summed E-state index contributed by atoms with van der Waals surface area (Å²) in [6, 6.07) is 11.9. The number of thiazole rings is 1. The van der Waals surface area contributed by atoms with Crippen LogP contribution in [0.2, 0.25) is 0 Å². The molecule has 1 amide bonds. The highest BCUT2D eigenvalue weighted by Crippen LogP contribution is 2.21. The average molecular weight is 385 g/mol. The lowest BCUT2D eigenvalue weighted by atomic mass is 10.2. The summed E-state index contributed by atoms with van der Waals surface area (Å²) in [5, 5.41) is 11.2. The molecule has 0 saturated carbocycles. The van der Waals surface area contributed by atoms with E-state index in [4.69, 9.17) is 4.74 Å². The first-order chi connectivity index (χ1) is 13.0. The van der Waals surface area contributed by atoms with E-state index in [9.17, 15) is 14.9 Å². The monoisotopic (exact) mass is 385 g/mol. The number of aryl methyl sites for hydroxylation is 1. The number of hydrogen-bond donors (Lipinski definition) is 0. The lowest BCUT2D eigenvalue weighted by Gasteiger charge is -2.05. The summed E-state index contributed by atoms with van der Waals surface area (Å²) in [5.41, 5.74) is 1.80. The van der Waals surface area contributed by atoms with E-state index in [-0.39, 0.29) is 11.3 Å². The third kappa shape index (κ3) is 4.12. The molecule has 0 fully saturated rings. The molecule has 8 heteroatoms. The second-order valence-electron chi connectivity index (χ2n) is 5.90. The lowest BCUT2D eigenvalue weighted by molar-refractivity contribution is -0.385. The van der Waals surface area contributed by atoms with Crippen LogP contribution in [0.3, 0.4) is 0 Å². The molecule has 0 aliphatic heterocycles. The fourth-order valence-corrected chi connectivity index (χ4v) is 3.90. The van der Waals surface area contributed by atoms with Crippen LogP contribution in [-0.4, -0.2) is 28.6 Å². The maximum absolute atomic E-state index is 12.7. The molecular formula is C19H19N3O4S. The van der Waals surface area contributed by atoms with Gasteiger partial charge in [-0.25, -0.2) is 0 Å². The van der Waals surface area contributed by atoms with E-state index in [1.807, 2.05) is 36.6 Å². The van der Waals surface area contributed by atoms with Gasteiger partial charge in [-0.15, -0.1) is 0 Å². The number of nitro groups is 1. The molecule has 0 atom stereocenters. The molecule has 27 heavy (non-hydrogen) atoms. The second kappa shape index (κ2) is 8.24. The Labute approximate surface area is 159 Å². The highest BCUT2D eigenvalue weighted by atomic mass is 32.1. The fourth-order valence-electron chi connectivity index (χ4n) is 2.74. The number of nitro benzene ring substituents is 1. The van der Waals surface area contributed by atoms with Crippen LogP contribution < -0.4 is 4.80 Å². The Morgan fingerprint density at radius 2 is 2.07 bits per heavy atom. The van der Waals surface area contributed by atoms with E-state index < -0.39 is 10.8 Å². The summed E-state index contributed by atoms with van der Waals surface area (Å²) in [5.74, 6) is -0.629. The first kappa shape index (κ1) is 18.9. The van der Waals surface area contributed by atoms with Crippen molar-refractivity contribution >= 4 is 33.1 Å². The van der Waals surface area contributed by atoms with Crippen molar-refractivity contribution in [2.24, 2.45) is 4.99 Å². The summed E-state index contributed by atoms with van der Waals surface area (Å²) in [6.45, 7) is 5.55. The number of carbonyl (C=O) groups excluding carboxylic acids is 1. The van der Waals surface area contributed by atoms with Crippen molar-refractivity contribution in [1.29, 1.82) is 0 Å². The molecule has 0 saturated heterocycles. The smallest absolute Gasteiger partial charge is 0.286 e. The van der Waals surface area contributed by atoms with Gasteiger partial charge in [-0.2, -0.15) is 4.99 Å². The molecule has 3 rings (SSSR count). The second-order valence-corrected chi connectivity index (χ2v) is 6.90. The van der Waals surface area contributed by atoms with Crippen molar-refractivity contribution in [1.82, 2.24) is 4.57 Å². The van der Waals surface area contributed by atoms with E-state index in [2.05, 4.69) is 4.99 Å². The van der Waals surface area contributed by atoms with Crippen LogP contribution in [0.25, 0.3) is 10.2 Å². The zero-order valence-corrected chi connectivity index (χ0v) is 15.9. The molecule has 1 aromatic heterocycles. The van der Waals surface area contributed by atoms with Gasteiger partial charge in [0, 0.05) is 19.2 Å². The third-order valence-corrected chi connectivity index (χ3v) is 5.07. The number of amides is 1. The van der Waals surface area contributed by atoms with Crippen molar-refractivity contribution in [2.45, 2.75) is 20.4 Å². The van der Waals surface area contributed by atoms with Crippen LogP contribution in [0.15, 0.2) is 47.5 Å². The number of benzene rings is 2. The summed E-state index contributed by atoms with van der Waals surface area (Å²) in [7, 11) is 0. The molecule has 0 N–H and O–H groups in total. The Bertz CT molecular complexity index is 1070. The van der Waals surface area contributed by atoms with E-state index in [1.54, 1.807) is 6.07 Å². The topological polar surface area (TPSA) is 86.7 Å². The molecular weight excluding hydrogens is 366 g/mol. The molecule has 2 aromatic carbocycles. The van der Waals surface area contributed by atoms with Crippen LogP contribution in [0.1, 0.15) is 22.8 Å². The van der Waals surface area contributed by atoms with E-state index in [1.165, 1.54) is 29.5 Å². The Morgan fingerprint density at radius 1 is 1.30 bits per heavy atom. The summed E-state index contributed by atoms with van der Waals surface area (Å²) in [4.78, 5) is 28.0. The lowest BCUT2D eigenvalue weighted by Crippen LogP contribution is -2.20. The predicted molar refractivity (Wildman–Crippen MR) is 104 cm³/mol. The number of ether oxygens (including phenoxy) is 1. The standard InChI is InChI=1S/C19H19N3O4S/c1-3-26-11-10-21-16-9-8-13(2)12-17(16)27-19(21)20-18(23)14-6-4-5-7-15(14)22(24)25/h4-9,12H,3,10-11H2,1-2H3. The van der Waals surface area contributed by atoms with E-state index >= 15 is 0 Å². The Kier molecular flexibility index (Phi) is 5.78. The number of rotatable bonds is 6. The highest BCUT2D eigenvalue weighted by Gasteiger charge is 2.19. The number of aromatic nitrogens is 1. The minimum atomic E-state index is -0.629. The van der Waals surface area contributed by atoms with Crippen molar-refractivity contribution in [3.05, 3.63) is 68.5 Å². The van der Waals surface area contributed by atoms with Crippen molar-refractivity contribution < 1.29 is 14.5 Å². The molecule has 0 aliphatic rings. The number of hydrogen-bond acceptors (Lipinski definition) is 5. The summed E-state index contributed by atoms with van der Waals surface area (Å²) < 4.78 is 8.36. The van der Waals surface area contributed by atoms with Gasteiger partial charge in [0.1, 0.15) is 5.56 Å². The van der Waals surface area contributed by atoms with Crippen LogP contribution >= 0.6 is 11.3 Å². The van der Waals surface area contributed by atoms with Crippen molar-refractivity contribution in [2.75, 3.05) is 13.2 Å². The molecule has 0 radical (unpaired) electrons. The first-order valence-corrected chi connectivity index (χ1v) is 9.33. The van der Waals surface area contributed by atoms with Gasteiger partial charge in [-0.05, 0) is 37.6 Å². The molecule has 7 nitrogen and oxygen atoms in total. The van der Waals surface area contributed by atoms with Gasteiger partial charge in [0.25, 0.3) is 11.6 Å². The normalized spacial score (nSPS) is 11.9. The summed E-state index contributed by atoms with van der Waals surface area (Å²) >= 11 is 1.38. The Hall–Kier alpha value is -2.84. The maximum atomic E-state index is 12.7. The van der Waals surface area contributed by atoms with Crippen LogP contribution in [0.5, 0.6) is 0 Å². The quantitative estimate of drug-likeness (QED) is 0.368. The minimum absolute atomic E-state index is 0.0208. The fraction of sp³-hybridized carbons (Fsp3) is 0.263. The van der Waals surface area contributed by atoms with Crippen LogP contribution in [0, 0.1) is 17.0 Å². The maximum Gasteiger partial charge on any atom is 0.286 e. The van der Waals surface area contributed by atoms with E-state index in [0.717, 1.165) is 15.8 Å². The van der Waals surface area contributed by atoms with Gasteiger partial charge >= 0.3 is 0 Å².